The molecule has 1 aromatic carbocycles. The third-order valence-corrected chi connectivity index (χ3v) is 7.16. The van der Waals surface area contributed by atoms with Gasteiger partial charge in [0.25, 0.3) is 0 Å². The largest absolute Gasteiger partial charge is 0.480 e. The van der Waals surface area contributed by atoms with Crippen molar-refractivity contribution in [1.29, 1.82) is 0 Å². The fourth-order valence-corrected chi connectivity index (χ4v) is 5.61. The van der Waals surface area contributed by atoms with Crippen molar-refractivity contribution >= 4 is 11.9 Å². The fraction of sp³-hybridized carbons (Fsp3) is 0.652. The summed E-state index contributed by atoms with van der Waals surface area (Å²) in [7, 11) is 0. The number of piperidine rings is 1. The zero-order chi connectivity index (χ0) is 19.5. The van der Waals surface area contributed by atoms with E-state index in [2.05, 4.69) is 24.3 Å². The minimum atomic E-state index is -0.760. The van der Waals surface area contributed by atoms with Crippen molar-refractivity contribution in [3.05, 3.63) is 35.9 Å². The first-order chi connectivity index (χ1) is 13.6. The number of hydrogen-bond acceptors (Lipinski definition) is 3. The summed E-state index contributed by atoms with van der Waals surface area (Å²) in [5.41, 5.74) is 1.37. The standard InChI is InChI=1S/C23H32N2O3/c26-22(16-25-20-9-5-4-8-19(20)15-21(25)23(27)28)24-12-10-18(11-13-24)14-17-6-2-1-3-7-17/h1-3,6-7,18-21H,4-5,8-16H2,(H,27,28). The van der Waals surface area contributed by atoms with Crippen LogP contribution in [0, 0.1) is 11.8 Å². The lowest BCUT2D eigenvalue weighted by Gasteiger charge is -2.36. The van der Waals surface area contributed by atoms with Crippen LogP contribution in [0.15, 0.2) is 30.3 Å². The van der Waals surface area contributed by atoms with Crippen LogP contribution in [0.1, 0.15) is 50.5 Å². The topological polar surface area (TPSA) is 60.9 Å². The molecule has 1 aliphatic carbocycles. The minimum absolute atomic E-state index is 0.121. The number of benzene rings is 1. The van der Waals surface area contributed by atoms with Crippen LogP contribution in [-0.2, 0) is 16.0 Å². The van der Waals surface area contributed by atoms with Crippen molar-refractivity contribution in [2.75, 3.05) is 19.6 Å². The van der Waals surface area contributed by atoms with Gasteiger partial charge >= 0.3 is 5.97 Å². The van der Waals surface area contributed by atoms with Gasteiger partial charge in [-0.05, 0) is 55.9 Å². The lowest BCUT2D eigenvalue weighted by Crippen LogP contribution is -2.50. The summed E-state index contributed by atoms with van der Waals surface area (Å²) in [6.45, 7) is 1.88. The number of rotatable bonds is 5. The van der Waals surface area contributed by atoms with E-state index in [1.807, 2.05) is 15.9 Å². The molecule has 2 aliphatic heterocycles. The van der Waals surface area contributed by atoms with Gasteiger partial charge in [-0.1, -0.05) is 43.2 Å². The molecule has 2 heterocycles. The molecule has 5 heteroatoms. The van der Waals surface area contributed by atoms with Gasteiger partial charge in [-0.2, -0.15) is 0 Å². The SMILES string of the molecule is O=C(O)C1CC2CCCCC2N1CC(=O)N1CCC(Cc2ccccc2)CC1. The number of carboxylic acid groups (broad SMARTS) is 1. The molecule has 1 N–H and O–H groups in total. The number of fused-ring (bicyclic) bond motifs is 1. The Morgan fingerprint density at radius 3 is 2.43 bits per heavy atom. The zero-order valence-corrected chi connectivity index (χ0v) is 16.6. The number of aliphatic carboxylic acids is 1. The summed E-state index contributed by atoms with van der Waals surface area (Å²) in [6, 6.07) is 10.4. The van der Waals surface area contributed by atoms with Gasteiger partial charge in [-0.15, -0.1) is 0 Å². The van der Waals surface area contributed by atoms with Gasteiger partial charge in [0.1, 0.15) is 6.04 Å². The van der Waals surface area contributed by atoms with Gasteiger partial charge in [0.15, 0.2) is 0 Å². The van der Waals surface area contributed by atoms with E-state index in [0.29, 0.717) is 18.3 Å². The monoisotopic (exact) mass is 384 g/mol. The first-order valence-electron chi connectivity index (χ1n) is 10.9. The Labute approximate surface area is 167 Å². The number of carbonyl (C=O) groups excluding carboxylic acids is 1. The van der Waals surface area contributed by atoms with E-state index in [4.69, 9.17) is 0 Å². The molecule has 1 saturated carbocycles. The van der Waals surface area contributed by atoms with Crippen LogP contribution in [-0.4, -0.2) is 58.5 Å². The van der Waals surface area contributed by atoms with Crippen LogP contribution in [0.5, 0.6) is 0 Å². The normalized spacial score (nSPS) is 28.9. The van der Waals surface area contributed by atoms with E-state index in [1.54, 1.807) is 0 Å². The van der Waals surface area contributed by atoms with Gasteiger partial charge < -0.3 is 10.0 Å². The Morgan fingerprint density at radius 1 is 1.00 bits per heavy atom. The van der Waals surface area contributed by atoms with Crippen LogP contribution in [0.4, 0.5) is 0 Å². The van der Waals surface area contributed by atoms with E-state index < -0.39 is 12.0 Å². The highest BCUT2D eigenvalue weighted by molar-refractivity contribution is 5.80. The van der Waals surface area contributed by atoms with Crippen molar-refractivity contribution in [3.63, 3.8) is 0 Å². The summed E-state index contributed by atoms with van der Waals surface area (Å²) < 4.78 is 0. The molecule has 0 spiro atoms. The maximum atomic E-state index is 13.0. The molecular formula is C23H32N2O3. The number of carboxylic acids is 1. The molecule has 3 unspecified atom stereocenters. The van der Waals surface area contributed by atoms with Crippen LogP contribution >= 0.6 is 0 Å². The average Bonchev–Trinajstić information content (AvgIpc) is 3.08. The van der Waals surface area contributed by atoms with Crippen LogP contribution < -0.4 is 0 Å². The summed E-state index contributed by atoms with van der Waals surface area (Å²) in [5.74, 6) is 0.450. The van der Waals surface area contributed by atoms with Gasteiger partial charge in [-0.25, -0.2) is 0 Å². The number of likely N-dealkylation sites (tertiary alicyclic amines) is 2. The minimum Gasteiger partial charge on any atom is -0.480 e. The third-order valence-electron chi connectivity index (χ3n) is 7.16. The lowest BCUT2D eigenvalue weighted by atomic mass is 9.85. The summed E-state index contributed by atoms with van der Waals surface area (Å²) in [4.78, 5) is 28.7. The summed E-state index contributed by atoms with van der Waals surface area (Å²) in [6.07, 6.45) is 8.38. The number of hydrogen-bond donors (Lipinski definition) is 1. The molecule has 152 valence electrons. The lowest BCUT2D eigenvalue weighted by molar-refractivity contribution is -0.144. The number of nitrogens with zero attached hydrogens (tertiary/aromatic N) is 2. The second-order valence-corrected chi connectivity index (χ2v) is 8.89. The molecule has 5 nitrogen and oxygen atoms in total. The number of amides is 1. The van der Waals surface area contributed by atoms with Crippen molar-refractivity contribution in [1.82, 2.24) is 9.80 Å². The smallest absolute Gasteiger partial charge is 0.320 e. The summed E-state index contributed by atoms with van der Waals surface area (Å²) in [5, 5.41) is 9.66. The van der Waals surface area contributed by atoms with E-state index in [0.717, 1.165) is 51.6 Å². The predicted molar refractivity (Wildman–Crippen MR) is 108 cm³/mol. The maximum Gasteiger partial charge on any atom is 0.320 e. The Bertz CT molecular complexity index is 684. The quantitative estimate of drug-likeness (QED) is 0.847. The molecule has 2 saturated heterocycles. The molecule has 28 heavy (non-hydrogen) atoms. The molecule has 3 atom stereocenters. The molecule has 1 amide bonds. The fourth-order valence-electron chi connectivity index (χ4n) is 5.61. The van der Waals surface area contributed by atoms with E-state index in [-0.39, 0.29) is 18.5 Å². The average molecular weight is 385 g/mol. The Hall–Kier alpha value is -1.88. The molecule has 0 bridgehead atoms. The molecule has 1 aromatic rings. The first kappa shape index (κ1) is 19.4. The van der Waals surface area contributed by atoms with E-state index in [1.165, 1.54) is 12.0 Å². The highest BCUT2D eigenvalue weighted by Crippen LogP contribution is 2.39. The second-order valence-electron chi connectivity index (χ2n) is 8.89. The van der Waals surface area contributed by atoms with Crippen molar-refractivity contribution < 1.29 is 14.7 Å². The van der Waals surface area contributed by atoms with E-state index >= 15 is 0 Å². The molecule has 4 rings (SSSR count). The Kier molecular flexibility index (Phi) is 6.00. The highest BCUT2D eigenvalue weighted by atomic mass is 16.4. The Morgan fingerprint density at radius 2 is 1.71 bits per heavy atom. The van der Waals surface area contributed by atoms with Crippen molar-refractivity contribution in [2.45, 2.75) is 63.5 Å². The maximum absolute atomic E-state index is 13.0. The molecule has 0 aromatic heterocycles. The van der Waals surface area contributed by atoms with Gasteiger partial charge in [-0.3, -0.25) is 14.5 Å². The molecular weight excluding hydrogens is 352 g/mol. The van der Waals surface area contributed by atoms with Crippen molar-refractivity contribution in [3.8, 4) is 0 Å². The zero-order valence-electron chi connectivity index (χ0n) is 16.6. The Balaban J connectivity index is 1.31. The number of carbonyl (C=O) groups is 2. The van der Waals surface area contributed by atoms with Gasteiger partial charge in [0.05, 0.1) is 6.54 Å². The molecule has 0 radical (unpaired) electrons. The second kappa shape index (κ2) is 8.64. The van der Waals surface area contributed by atoms with Crippen LogP contribution in [0.2, 0.25) is 0 Å². The highest BCUT2D eigenvalue weighted by Gasteiger charge is 2.46. The molecule has 3 aliphatic rings. The molecule has 3 fully saturated rings. The van der Waals surface area contributed by atoms with Gasteiger partial charge in [0, 0.05) is 19.1 Å². The predicted octanol–water partition coefficient (Wildman–Crippen LogP) is 3.19. The van der Waals surface area contributed by atoms with Gasteiger partial charge in [0.2, 0.25) is 5.91 Å². The van der Waals surface area contributed by atoms with Crippen LogP contribution in [0.25, 0.3) is 0 Å². The van der Waals surface area contributed by atoms with Crippen LogP contribution in [0.3, 0.4) is 0 Å². The first-order valence-corrected chi connectivity index (χ1v) is 10.9. The third kappa shape index (κ3) is 4.24. The summed E-state index contributed by atoms with van der Waals surface area (Å²) >= 11 is 0. The van der Waals surface area contributed by atoms with E-state index in [9.17, 15) is 14.7 Å². The van der Waals surface area contributed by atoms with Crippen molar-refractivity contribution in [2.24, 2.45) is 11.8 Å².